The number of carbonyl (C=O) groups excluding carboxylic acids is 3. The van der Waals surface area contributed by atoms with Crippen LogP contribution in [0.3, 0.4) is 0 Å². The highest BCUT2D eigenvalue weighted by Crippen LogP contribution is 2.01. The Morgan fingerprint density at radius 2 is 1.64 bits per heavy atom. The standard InChI is InChI=1S/C12H22N4O6/c1-5(13)10(19)16-9(6(2)17)11(20)15-7(12(21)22)3-4-8(14)18/h5-7,9,17H,3-4,13H2,1-2H3,(H2,14,18)(H,15,20)(H,16,19)(H,21,22). The number of carboxylic acids is 1. The molecule has 0 aromatic heterocycles. The van der Waals surface area contributed by atoms with Crippen LogP contribution in [0.25, 0.3) is 0 Å². The zero-order valence-corrected chi connectivity index (χ0v) is 12.4. The summed E-state index contributed by atoms with van der Waals surface area (Å²) in [7, 11) is 0. The summed E-state index contributed by atoms with van der Waals surface area (Å²) in [6, 6.07) is -3.64. The number of carboxylic acid groups (broad SMARTS) is 1. The molecule has 22 heavy (non-hydrogen) atoms. The van der Waals surface area contributed by atoms with Crippen LogP contribution >= 0.6 is 0 Å². The van der Waals surface area contributed by atoms with Crippen molar-refractivity contribution >= 4 is 23.7 Å². The van der Waals surface area contributed by atoms with Gasteiger partial charge in [-0.15, -0.1) is 0 Å². The van der Waals surface area contributed by atoms with Crippen LogP contribution in [-0.2, 0) is 19.2 Å². The smallest absolute Gasteiger partial charge is 0.326 e. The van der Waals surface area contributed by atoms with Crippen molar-refractivity contribution in [1.82, 2.24) is 10.6 Å². The summed E-state index contributed by atoms with van der Waals surface area (Å²) < 4.78 is 0. The van der Waals surface area contributed by atoms with Gasteiger partial charge in [-0.05, 0) is 20.3 Å². The topological polar surface area (TPSA) is 185 Å². The van der Waals surface area contributed by atoms with Gasteiger partial charge in [-0.3, -0.25) is 14.4 Å². The van der Waals surface area contributed by atoms with E-state index in [1.165, 1.54) is 13.8 Å². The summed E-state index contributed by atoms with van der Waals surface area (Å²) >= 11 is 0. The molecule has 4 unspecified atom stereocenters. The van der Waals surface area contributed by atoms with E-state index < -0.39 is 47.9 Å². The second kappa shape index (κ2) is 8.95. The fourth-order valence-electron chi connectivity index (χ4n) is 1.50. The van der Waals surface area contributed by atoms with Crippen molar-refractivity contribution < 1.29 is 29.4 Å². The molecular weight excluding hydrogens is 296 g/mol. The number of aliphatic hydroxyl groups excluding tert-OH is 1. The fourth-order valence-corrected chi connectivity index (χ4v) is 1.50. The molecule has 0 aliphatic carbocycles. The van der Waals surface area contributed by atoms with E-state index in [0.29, 0.717) is 0 Å². The number of hydrogen-bond acceptors (Lipinski definition) is 6. The zero-order valence-electron chi connectivity index (χ0n) is 12.4. The van der Waals surface area contributed by atoms with E-state index in [0.717, 1.165) is 0 Å². The first-order valence-corrected chi connectivity index (χ1v) is 6.61. The number of primary amides is 1. The molecule has 126 valence electrons. The molecule has 0 fully saturated rings. The van der Waals surface area contributed by atoms with Gasteiger partial charge in [0.2, 0.25) is 17.7 Å². The fraction of sp³-hybridized carbons (Fsp3) is 0.667. The van der Waals surface area contributed by atoms with Gasteiger partial charge in [0.05, 0.1) is 12.1 Å². The Morgan fingerprint density at radius 3 is 2.00 bits per heavy atom. The lowest BCUT2D eigenvalue weighted by atomic mass is 10.1. The Morgan fingerprint density at radius 1 is 1.09 bits per heavy atom. The third-order valence-corrected chi connectivity index (χ3v) is 2.77. The Labute approximate surface area is 127 Å². The molecule has 0 heterocycles. The first-order valence-electron chi connectivity index (χ1n) is 6.61. The number of nitrogens with two attached hydrogens (primary N) is 2. The molecule has 4 atom stereocenters. The first kappa shape index (κ1) is 19.8. The number of amides is 3. The highest BCUT2D eigenvalue weighted by atomic mass is 16.4. The van der Waals surface area contributed by atoms with Crippen LogP contribution < -0.4 is 22.1 Å². The van der Waals surface area contributed by atoms with Crippen LogP contribution in [0.4, 0.5) is 0 Å². The highest BCUT2D eigenvalue weighted by Gasteiger charge is 2.30. The molecule has 3 amide bonds. The largest absolute Gasteiger partial charge is 0.480 e. The SMILES string of the molecule is CC(N)C(=O)NC(C(=O)NC(CCC(N)=O)C(=O)O)C(C)O. The maximum Gasteiger partial charge on any atom is 0.326 e. The molecule has 0 radical (unpaired) electrons. The number of aliphatic carboxylic acids is 1. The third-order valence-electron chi connectivity index (χ3n) is 2.77. The van der Waals surface area contributed by atoms with Crippen LogP contribution in [-0.4, -0.2) is 58.1 Å². The number of carbonyl (C=O) groups is 4. The Hall–Kier alpha value is -2.20. The minimum Gasteiger partial charge on any atom is -0.480 e. The molecule has 10 nitrogen and oxygen atoms in total. The van der Waals surface area contributed by atoms with Crippen molar-refractivity contribution in [2.75, 3.05) is 0 Å². The minimum absolute atomic E-state index is 0.204. The summed E-state index contributed by atoms with van der Waals surface area (Å²) in [6.45, 7) is 2.64. The van der Waals surface area contributed by atoms with Crippen molar-refractivity contribution in [2.24, 2.45) is 11.5 Å². The summed E-state index contributed by atoms with van der Waals surface area (Å²) in [5.74, 6) is -3.65. The molecule has 0 spiro atoms. The number of rotatable bonds is 9. The van der Waals surface area contributed by atoms with Gasteiger partial charge in [0, 0.05) is 6.42 Å². The summed E-state index contributed by atoms with van der Waals surface area (Å²) in [5, 5.41) is 22.9. The molecule has 0 aliphatic rings. The van der Waals surface area contributed by atoms with Crippen LogP contribution in [0.15, 0.2) is 0 Å². The second-order valence-corrected chi connectivity index (χ2v) is 4.92. The summed E-state index contributed by atoms with van der Waals surface area (Å²) in [6.07, 6.45) is -1.71. The van der Waals surface area contributed by atoms with Crippen LogP contribution in [0.1, 0.15) is 26.7 Å². The molecule has 0 bridgehead atoms. The van der Waals surface area contributed by atoms with E-state index in [9.17, 15) is 24.3 Å². The molecule has 0 saturated carbocycles. The van der Waals surface area contributed by atoms with E-state index in [-0.39, 0.29) is 12.8 Å². The third kappa shape index (κ3) is 6.99. The van der Waals surface area contributed by atoms with E-state index in [1.807, 2.05) is 0 Å². The van der Waals surface area contributed by atoms with Gasteiger partial charge < -0.3 is 32.3 Å². The van der Waals surface area contributed by atoms with Crippen molar-refractivity contribution in [1.29, 1.82) is 0 Å². The predicted octanol–water partition coefficient (Wildman–Crippen LogP) is -2.97. The monoisotopic (exact) mass is 318 g/mol. The van der Waals surface area contributed by atoms with Gasteiger partial charge in [-0.2, -0.15) is 0 Å². The average Bonchev–Trinajstić information content (AvgIpc) is 2.38. The Balaban J connectivity index is 4.87. The van der Waals surface area contributed by atoms with E-state index >= 15 is 0 Å². The average molecular weight is 318 g/mol. The van der Waals surface area contributed by atoms with Crippen molar-refractivity contribution in [2.45, 2.75) is 50.9 Å². The number of hydrogen-bond donors (Lipinski definition) is 6. The maximum atomic E-state index is 12.0. The van der Waals surface area contributed by atoms with E-state index in [1.54, 1.807) is 0 Å². The number of aliphatic hydroxyl groups is 1. The van der Waals surface area contributed by atoms with E-state index in [2.05, 4.69) is 10.6 Å². The molecule has 0 aliphatic heterocycles. The molecule has 8 N–H and O–H groups in total. The van der Waals surface area contributed by atoms with Gasteiger partial charge in [-0.25, -0.2) is 4.79 Å². The molecule has 0 aromatic carbocycles. The van der Waals surface area contributed by atoms with Gasteiger partial charge in [0.15, 0.2) is 0 Å². The van der Waals surface area contributed by atoms with Gasteiger partial charge >= 0.3 is 5.97 Å². The lowest BCUT2D eigenvalue weighted by Crippen LogP contribution is -2.57. The summed E-state index contributed by atoms with van der Waals surface area (Å²) in [4.78, 5) is 45.2. The maximum absolute atomic E-state index is 12.0. The Kier molecular flexibility index (Phi) is 8.05. The van der Waals surface area contributed by atoms with Crippen LogP contribution in [0.5, 0.6) is 0 Å². The normalized spacial score (nSPS) is 16.0. The van der Waals surface area contributed by atoms with Crippen molar-refractivity contribution in [3.8, 4) is 0 Å². The van der Waals surface area contributed by atoms with Crippen molar-refractivity contribution in [3.63, 3.8) is 0 Å². The Bertz CT molecular complexity index is 437. The summed E-state index contributed by atoms with van der Waals surface area (Å²) in [5.41, 5.74) is 10.3. The molecule has 0 rings (SSSR count). The van der Waals surface area contributed by atoms with Gasteiger partial charge in [-0.1, -0.05) is 0 Å². The highest BCUT2D eigenvalue weighted by molar-refractivity contribution is 5.92. The van der Waals surface area contributed by atoms with Gasteiger partial charge in [0.1, 0.15) is 12.1 Å². The molecular formula is C12H22N4O6. The first-order chi connectivity index (χ1) is 10.1. The molecule has 10 heteroatoms. The lowest BCUT2D eigenvalue weighted by Gasteiger charge is -2.23. The molecule has 0 aromatic rings. The van der Waals surface area contributed by atoms with E-state index in [4.69, 9.17) is 16.6 Å². The van der Waals surface area contributed by atoms with Crippen LogP contribution in [0, 0.1) is 0 Å². The molecule has 0 saturated heterocycles. The minimum atomic E-state index is -1.37. The van der Waals surface area contributed by atoms with Crippen LogP contribution in [0.2, 0.25) is 0 Å². The quantitative estimate of drug-likeness (QED) is 0.262. The second-order valence-electron chi connectivity index (χ2n) is 4.92. The lowest BCUT2D eigenvalue weighted by molar-refractivity contribution is -0.143. The van der Waals surface area contributed by atoms with Crippen molar-refractivity contribution in [3.05, 3.63) is 0 Å². The van der Waals surface area contributed by atoms with Gasteiger partial charge in [0.25, 0.3) is 0 Å². The number of nitrogens with one attached hydrogen (secondary N) is 2. The predicted molar refractivity (Wildman–Crippen MR) is 75.3 cm³/mol. The zero-order chi connectivity index (χ0) is 17.4.